The minimum atomic E-state index is -3.48. The van der Waals surface area contributed by atoms with Gasteiger partial charge in [-0.2, -0.15) is 22.1 Å². The van der Waals surface area contributed by atoms with Gasteiger partial charge in [-0.25, -0.2) is 4.68 Å². The Labute approximate surface area is 194 Å². The summed E-state index contributed by atoms with van der Waals surface area (Å²) in [6.07, 6.45) is 3.96. The maximum atomic E-state index is 13.2. The summed E-state index contributed by atoms with van der Waals surface area (Å²) in [4.78, 5) is 14.9. The molecule has 1 amide bonds. The Hall–Kier alpha value is -1.94. The number of amides is 1. The number of hydrogen-bond acceptors (Lipinski definition) is 4. The average Bonchev–Trinajstić information content (AvgIpc) is 2.97. The van der Waals surface area contributed by atoms with Crippen LogP contribution in [0.5, 0.6) is 0 Å². The molecule has 32 heavy (non-hydrogen) atoms. The zero-order valence-electron chi connectivity index (χ0n) is 18.4. The molecule has 174 valence electrons. The molecule has 8 nitrogen and oxygen atoms in total. The van der Waals surface area contributed by atoms with E-state index in [0.717, 1.165) is 31.2 Å². The van der Waals surface area contributed by atoms with Crippen molar-refractivity contribution in [3.05, 3.63) is 52.3 Å². The highest BCUT2D eigenvalue weighted by Crippen LogP contribution is 2.24. The van der Waals surface area contributed by atoms with Gasteiger partial charge in [-0.3, -0.25) is 4.79 Å². The van der Waals surface area contributed by atoms with Crippen LogP contribution in [0, 0.1) is 6.92 Å². The van der Waals surface area contributed by atoms with Crippen LogP contribution in [0.25, 0.3) is 0 Å². The fourth-order valence-corrected chi connectivity index (χ4v) is 6.36. The van der Waals surface area contributed by atoms with E-state index in [1.54, 1.807) is 20.8 Å². The highest BCUT2D eigenvalue weighted by atomic mass is 35.5. The molecule has 0 bridgehead atoms. The number of piperazine rings is 1. The van der Waals surface area contributed by atoms with Crippen LogP contribution < -0.4 is 0 Å². The van der Waals surface area contributed by atoms with Crippen LogP contribution in [0.15, 0.2) is 30.3 Å². The number of aryl methyl sites for hydroxylation is 1. The van der Waals surface area contributed by atoms with Crippen molar-refractivity contribution < 1.29 is 13.2 Å². The van der Waals surface area contributed by atoms with Crippen LogP contribution in [-0.2, 0) is 16.8 Å². The molecule has 1 aromatic heterocycles. The van der Waals surface area contributed by atoms with Gasteiger partial charge in [0.15, 0.2) is 0 Å². The third kappa shape index (κ3) is 4.85. The molecular formula is C22H30ClN5O3S. The number of hydrogen-bond donors (Lipinski definition) is 0. The molecule has 0 saturated carbocycles. The number of carbonyl (C=O) groups is 1. The second-order valence-corrected chi connectivity index (χ2v) is 10.7. The Kier molecular flexibility index (Phi) is 7.19. The normalized spacial score (nSPS) is 19.1. The number of aromatic nitrogens is 2. The van der Waals surface area contributed by atoms with Gasteiger partial charge in [-0.15, -0.1) is 0 Å². The van der Waals surface area contributed by atoms with E-state index >= 15 is 0 Å². The SMILES string of the molecule is Cc1nn(Cc2ccccc2)c(Cl)c1C(=O)N1CCN(S(=O)(=O)N2CCCCCC2)CC1. The van der Waals surface area contributed by atoms with Crippen molar-refractivity contribution in [1.82, 2.24) is 23.3 Å². The number of benzene rings is 1. The highest BCUT2D eigenvalue weighted by molar-refractivity contribution is 7.86. The van der Waals surface area contributed by atoms with Gasteiger partial charge in [0.25, 0.3) is 16.1 Å². The van der Waals surface area contributed by atoms with E-state index in [2.05, 4.69) is 5.10 Å². The number of halogens is 1. The van der Waals surface area contributed by atoms with E-state index < -0.39 is 10.2 Å². The van der Waals surface area contributed by atoms with Crippen molar-refractivity contribution in [1.29, 1.82) is 0 Å². The Balaban J connectivity index is 1.42. The van der Waals surface area contributed by atoms with Gasteiger partial charge in [0, 0.05) is 39.3 Å². The first-order valence-electron chi connectivity index (χ1n) is 11.2. The van der Waals surface area contributed by atoms with Gasteiger partial charge in [0.2, 0.25) is 0 Å². The molecule has 0 N–H and O–H groups in total. The second kappa shape index (κ2) is 9.91. The highest BCUT2D eigenvalue weighted by Gasteiger charge is 2.35. The molecule has 0 atom stereocenters. The zero-order valence-corrected chi connectivity index (χ0v) is 20.0. The third-order valence-corrected chi connectivity index (χ3v) is 8.62. The lowest BCUT2D eigenvalue weighted by Gasteiger charge is -2.36. The number of nitrogens with zero attached hydrogens (tertiary/aromatic N) is 5. The fourth-order valence-electron chi connectivity index (χ4n) is 4.37. The first kappa shape index (κ1) is 23.2. The van der Waals surface area contributed by atoms with Gasteiger partial charge in [-0.05, 0) is 25.3 Å². The van der Waals surface area contributed by atoms with Crippen LogP contribution in [0.2, 0.25) is 5.15 Å². The first-order chi connectivity index (χ1) is 15.4. The summed E-state index contributed by atoms with van der Waals surface area (Å²) in [7, 11) is -3.48. The van der Waals surface area contributed by atoms with Crippen LogP contribution in [-0.4, -0.2) is 76.9 Å². The van der Waals surface area contributed by atoms with Gasteiger partial charge in [0.05, 0.1) is 17.8 Å². The predicted molar refractivity (Wildman–Crippen MR) is 124 cm³/mol. The molecule has 2 aromatic rings. The predicted octanol–water partition coefficient (Wildman–Crippen LogP) is 2.77. The molecule has 0 aliphatic carbocycles. The van der Waals surface area contributed by atoms with E-state index in [1.807, 2.05) is 30.3 Å². The summed E-state index contributed by atoms with van der Waals surface area (Å²) in [5.41, 5.74) is 2.02. The van der Waals surface area contributed by atoms with Crippen LogP contribution in [0.1, 0.15) is 47.3 Å². The van der Waals surface area contributed by atoms with Gasteiger partial charge in [0.1, 0.15) is 5.15 Å². The van der Waals surface area contributed by atoms with Gasteiger partial charge in [-0.1, -0.05) is 54.8 Å². The quantitative estimate of drug-likeness (QED) is 0.660. The third-order valence-electron chi connectivity index (χ3n) is 6.20. The van der Waals surface area contributed by atoms with E-state index in [0.29, 0.717) is 62.2 Å². The molecule has 1 aromatic carbocycles. The smallest absolute Gasteiger partial charge is 0.282 e. The second-order valence-electron chi connectivity index (χ2n) is 8.41. The van der Waals surface area contributed by atoms with E-state index in [1.165, 1.54) is 4.31 Å². The minimum Gasteiger partial charge on any atom is -0.336 e. The van der Waals surface area contributed by atoms with E-state index in [4.69, 9.17) is 11.6 Å². The molecule has 4 rings (SSSR count). The molecule has 0 radical (unpaired) electrons. The topological polar surface area (TPSA) is 78.8 Å². The molecule has 10 heteroatoms. The molecule has 2 saturated heterocycles. The van der Waals surface area contributed by atoms with Gasteiger partial charge < -0.3 is 4.90 Å². The fraction of sp³-hybridized carbons (Fsp3) is 0.545. The number of carbonyl (C=O) groups excluding carboxylic acids is 1. The standard InChI is InChI=1S/C22H30ClN5O3S/c1-18-20(21(23)28(24-18)17-19-9-5-4-6-10-19)22(29)25-13-15-27(16-14-25)32(30,31)26-11-7-2-3-8-12-26/h4-6,9-10H,2-3,7-8,11-17H2,1H3. The van der Waals surface area contributed by atoms with Crippen LogP contribution in [0.4, 0.5) is 0 Å². The summed E-state index contributed by atoms with van der Waals surface area (Å²) in [5.74, 6) is -0.196. The Morgan fingerprint density at radius 1 is 0.938 bits per heavy atom. The van der Waals surface area contributed by atoms with Crippen molar-refractivity contribution in [2.45, 2.75) is 39.2 Å². The molecule has 0 spiro atoms. The lowest BCUT2D eigenvalue weighted by atomic mass is 10.2. The Morgan fingerprint density at radius 3 is 2.16 bits per heavy atom. The zero-order chi connectivity index (χ0) is 22.7. The summed E-state index contributed by atoms with van der Waals surface area (Å²) < 4.78 is 30.8. The van der Waals surface area contributed by atoms with E-state index in [-0.39, 0.29) is 5.91 Å². The monoisotopic (exact) mass is 479 g/mol. The van der Waals surface area contributed by atoms with Crippen molar-refractivity contribution in [2.24, 2.45) is 0 Å². The Bertz CT molecular complexity index is 1040. The van der Waals surface area contributed by atoms with E-state index in [9.17, 15) is 13.2 Å². The summed E-state index contributed by atoms with van der Waals surface area (Å²) in [6, 6.07) is 9.81. The van der Waals surface area contributed by atoms with Crippen molar-refractivity contribution in [3.8, 4) is 0 Å². The Morgan fingerprint density at radius 2 is 1.53 bits per heavy atom. The van der Waals surface area contributed by atoms with Crippen molar-refractivity contribution >= 4 is 27.7 Å². The molecule has 0 unspecified atom stereocenters. The number of rotatable bonds is 5. The van der Waals surface area contributed by atoms with Crippen molar-refractivity contribution in [2.75, 3.05) is 39.3 Å². The maximum absolute atomic E-state index is 13.2. The molecular weight excluding hydrogens is 450 g/mol. The first-order valence-corrected chi connectivity index (χ1v) is 13.0. The maximum Gasteiger partial charge on any atom is 0.282 e. The van der Waals surface area contributed by atoms with Gasteiger partial charge >= 0.3 is 0 Å². The average molecular weight is 480 g/mol. The van der Waals surface area contributed by atoms with Crippen molar-refractivity contribution in [3.63, 3.8) is 0 Å². The lowest BCUT2D eigenvalue weighted by Crippen LogP contribution is -2.54. The molecule has 2 fully saturated rings. The lowest BCUT2D eigenvalue weighted by molar-refractivity contribution is 0.0693. The van der Waals surface area contributed by atoms with Crippen LogP contribution >= 0.6 is 11.6 Å². The largest absolute Gasteiger partial charge is 0.336 e. The molecule has 2 aliphatic heterocycles. The van der Waals surface area contributed by atoms with Crippen LogP contribution in [0.3, 0.4) is 0 Å². The molecule has 2 aliphatic rings. The summed E-state index contributed by atoms with van der Waals surface area (Å²) in [5, 5.41) is 4.79. The minimum absolute atomic E-state index is 0.196. The summed E-state index contributed by atoms with van der Waals surface area (Å²) in [6.45, 7) is 4.68. The summed E-state index contributed by atoms with van der Waals surface area (Å²) >= 11 is 6.55. The molecule has 3 heterocycles.